The van der Waals surface area contributed by atoms with Crippen LogP contribution in [0.3, 0.4) is 0 Å². The number of alkyl carbamates (subject to hydrolysis) is 1. The van der Waals surface area contributed by atoms with Gasteiger partial charge >= 0.3 is 12.1 Å². The van der Waals surface area contributed by atoms with E-state index in [0.29, 0.717) is 83.6 Å². The summed E-state index contributed by atoms with van der Waals surface area (Å²) in [5.74, 6) is 0.724. The zero-order chi connectivity index (χ0) is 97.6. The topological polar surface area (TPSA) is 246 Å². The molecule has 7 aromatic carbocycles. The van der Waals surface area contributed by atoms with Gasteiger partial charge < -0.3 is 67.8 Å². The van der Waals surface area contributed by atoms with Gasteiger partial charge in [0.05, 0.1) is 109 Å². The summed E-state index contributed by atoms with van der Waals surface area (Å²) in [6.45, 7) is 24.4. The molecule has 2 aliphatic rings. The SMILES string of the molecule is CCC(=O)O.CCCCCCCCCCCCCC[C@@H](OCc1ccccc1)[C@@H](OCc1ccccc1)[C@H](CO[C@H]1OC(COCc2ccccc2)[C@H](C)[C@H](C)C1C)N=[N+]=[N-].CCCCCCCCCCCCCC[C@@H](OCc1ccccc1)[C@@H](OCc1ccccc1)[C@H](CO[C@H]1OC(COCc2ccccc2)[C@H](C)[C@H](C)C1C)NC(=O)CCCCCCCCCNC(=O)OCc1ccccc1. The second kappa shape index (κ2) is 73.7. The fraction of sp³-hybridized carbons (Fsp3) is 0.615. The quantitative estimate of drug-likeness (QED) is 0.0139. The first-order chi connectivity index (χ1) is 67.1. The van der Waals surface area contributed by atoms with Gasteiger partial charge in [-0.25, -0.2) is 4.79 Å². The van der Waals surface area contributed by atoms with Crippen LogP contribution in [0.15, 0.2) is 217 Å². The molecule has 758 valence electrons. The number of carbonyl (C=O) groups excluding carboxylic acids is 2. The number of azide groups is 1. The van der Waals surface area contributed by atoms with Crippen LogP contribution in [0.5, 0.6) is 0 Å². The second-order valence-corrected chi connectivity index (χ2v) is 38.4. The number of aliphatic carboxylic acids is 1. The Kier molecular flexibility index (Phi) is 62.2. The molecular formula is C117H175N5O15. The maximum absolute atomic E-state index is 14.2. The van der Waals surface area contributed by atoms with E-state index in [1.807, 2.05) is 127 Å². The van der Waals surface area contributed by atoms with Crippen molar-refractivity contribution in [1.82, 2.24) is 10.6 Å². The van der Waals surface area contributed by atoms with Gasteiger partial charge in [0.25, 0.3) is 0 Å². The van der Waals surface area contributed by atoms with Gasteiger partial charge in [-0.2, -0.15) is 0 Å². The van der Waals surface area contributed by atoms with Crippen molar-refractivity contribution in [1.29, 1.82) is 0 Å². The van der Waals surface area contributed by atoms with Crippen LogP contribution in [0.2, 0.25) is 0 Å². The molecule has 0 aromatic heterocycles. The van der Waals surface area contributed by atoms with E-state index in [-0.39, 0.29) is 80.4 Å². The van der Waals surface area contributed by atoms with E-state index in [0.717, 1.165) is 122 Å². The summed E-state index contributed by atoms with van der Waals surface area (Å²) in [6.07, 6.45) is 36.6. The van der Waals surface area contributed by atoms with Crippen LogP contribution < -0.4 is 10.6 Å². The number of hydrogen-bond acceptors (Lipinski definition) is 15. The molecule has 2 saturated heterocycles. The maximum atomic E-state index is 14.2. The van der Waals surface area contributed by atoms with Crippen molar-refractivity contribution in [3.05, 3.63) is 262 Å². The third-order valence-electron chi connectivity index (χ3n) is 27.4. The molecule has 0 saturated carbocycles. The van der Waals surface area contributed by atoms with E-state index < -0.39 is 42.8 Å². The van der Waals surface area contributed by atoms with Crippen molar-refractivity contribution in [2.45, 2.75) is 395 Å². The first-order valence-corrected chi connectivity index (χ1v) is 53.0. The number of amides is 2. The zero-order valence-electron chi connectivity index (χ0n) is 85.2. The highest BCUT2D eigenvalue weighted by molar-refractivity contribution is 5.76. The lowest BCUT2D eigenvalue weighted by Crippen LogP contribution is -2.54. The Balaban J connectivity index is 0.000000370. The van der Waals surface area contributed by atoms with Gasteiger partial charge in [0.1, 0.15) is 12.7 Å². The molecule has 3 N–H and O–H groups in total. The van der Waals surface area contributed by atoms with Gasteiger partial charge in [-0.3, -0.25) is 9.59 Å². The van der Waals surface area contributed by atoms with E-state index in [1.54, 1.807) is 6.92 Å². The Hall–Kier alpha value is -8.34. The van der Waals surface area contributed by atoms with Crippen molar-refractivity contribution in [2.75, 3.05) is 33.0 Å². The number of benzene rings is 7. The Morgan fingerprint density at radius 2 is 0.679 bits per heavy atom. The van der Waals surface area contributed by atoms with Gasteiger partial charge in [0.15, 0.2) is 12.6 Å². The van der Waals surface area contributed by atoms with Crippen LogP contribution in [0.4, 0.5) is 4.79 Å². The number of nitrogens with one attached hydrogen (secondary N) is 2. The van der Waals surface area contributed by atoms with E-state index in [4.69, 9.17) is 57.2 Å². The summed E-state index contributed by atoms with van der Waals surface area (Å²) < 4.78 is 72.2. The molecule has 2 heterocycles. The Labute approximate surface area is 825 Å². The standard InChI is InChI=1S/C66H98N2O8.C48H71N3O5.C3H6O2/c1-5-6-7-8-9-10-11-12-13-15-18-33-44-61(72-48-57-38-27-22-28-39-57)64(73-49-58-40-29-23-30-41-58)60(51-74-65-55(4)53(2)54(3)62(76-65)52-71-47-56-36-25-21-26-37-56)68-63(69)45-34-19-16-14-17-20-35-46-67-66(70)75-50-59-42-31-24-32-43-59;1-5-6-7-8-9-10-11-12-13-14-15-25-32-45(53-34-42-28-21-17-22-29-42)47(54-35-43-30-23-18-24-31-43)44(50-51-49)36-55-48-40(4)38(2)39(3)46(56-48)37-52-33-41-26-19-16-20-27-41;1-2-3(4)5/h21-32,36-43,53-55,60-62,64-65H,5-20,33-35,44-52H2,1-4H3,(H,67,70)(H,68,69);16-24,26-31,38-40,44-48H,5-15,25,32-37H2,1-4H3;2H2,1H3,(H,4,5)/t53-,54+,55?,60-,61+,62?,64-,65-;38-,39+,40?,44-,45+,46?,47-,48-;/m00./s1. The molecule has 4 unspecified atom stereocenters. The molecule has 7 aromatic rings. The summed E-state index contributed by atoms with van der Waals surface area (Å²) in [6, 6.07) is 70.1. The van der Waals surface area contributed by atoms with E-state index in [1.165, 1.54) is 128 Å². The molecule has 16 atom stereocenters. The van der Waals surface area contributed by atoms with Crippen LogP contribution in [-0.4, -0.2) is 117 Å². The van der Waals surface area contributed by atoms with Crippen molar-refractivity contribution in [3.8, 4) is 0 Å². The summed E-state index contributed by atoms with van der Waals surface area (Å²) in [5.41, 5.74) is 17.5. The number of hydrogen-bond donors (Lipinski definition) is 3. The predicted molar refractivity (Wildman–Crippen MR) is 552 cm³/mol. The van der Waals surface area contributed by atoms with Gasteiger partial charge in [0.2, 0.25) is 5.91 Å². The van der Waals surface area contributed by atoms with Crippen LogP contribution in [0.25, 0.3) is 10.4 Å². The van der Waals surface area contributed by atoms with Gasteiger partial charge in [-0.1, -0.05) is 466 Å². The molecule has 2 amide bonds. The van der Waals surface area contributed by atoms with E-state index in [9.17, 15) is 19.9 Å². The maximum Gasteiger partial charge on any atom is 0.407 e. The molecule has 9 rings (SSSR count). The smallest absolute Gasteiger partial charge is 0.407 e. The third-order valence-corrected chi connectivity index (χ3v) is 27.4. The molecule has 20 nitrogen and oxygen atoms in total. The highest BCUT2D eigenvalue weighted by Crippen LogP contribution is 2.39. The minimum Gasteiger partial charge on any atom is -0.481 e. The van der Waals surface area contributed by atoms with Crippen LogP contribution in [-0.2, 0) is 108 Å². The minimum absolute atomic E-state index is 0.00824. The molecule has 20 heteroatoms. The number of carbonyl (C=O) groups is 3. The van der Waals surface area contributed by atoms with E-state index >= 15 is 0 Å². The van der Waals surface area contributed by atoms with Crippen molar-refractivity contribution in [3.63, 3.8) is 0 Å². The first kappa shape index (κ1) is 116. The van der Waals surface area contributed by atoms with Crippen molar-refractivity contribution >= 4 is 18.0 Å². The molecule has 0 aliphatic carbocycles. The fourth-order valence-corrected chi connectivity index (χ4v) is 18.0. The number of ether oxygens (including phenoxy) is 11. The first-order valence-electron chi connectivity index (χ1n) is 53.0. The van der Waals surface area contributed by atoms with Crippen LogP contribution in [0, 0.1) is 35.5 Å². The average Bonchev–Trinajstić information content (AvgIpc) is 0.812. The van der Waals surface area contributed by atoms with Crippen molar-refractivity contribution in [2.24, 2.45) is 40.6 Å². The Morgan fingerprint density at radius 3 is 1.04 bits per heavy atom. The molecule has 0 bridgehead atoms. The number of unbranched alkanes of at least 4 members (excludes halogenated alkanes) is 28. The van der Waals surface area contributed by atoms with Gasteiger partial charge in [-0.05, 0) is 93.8 Å². The zero-order valence-corrected chi connectivity index (χ0v) is 85.2. The number of carboxylic acid groups (broad SMARTS) is 1. The molecule has 0 spiro atoms. The fourth-order valence-electron chi connectivity index (χ4n) is 18.0. The summed E-state index contributed by atoms with van der Waals surface area (Å²) in [4.78, 5) is 39.1. The predicted octanol–water partition coefficient (Wildman–Crippen LogP) is 28.9. The van der Waals surface area contributed by atoms with E-state index in [2.05, 4.69) is 161 Å². The highest BCUT2D eigenvalue weighted by atomic mass is 16.7. The lowest BCUT2D eigenvalue weighted by Gasteiger charge is -2.44. The number of carboxylic acids is 1. The number of rotatable bonds is 71. The van der Waals surface area contributed by atoms with Crippen molar-refractivity contribution < 1.29 is 71.6 Å². The minimum atomic E-state index is -0.745. The lowest BCUT2D eigenvalue weighted by molar-refractivity contribution is -0.262. The average molecular weight is 1890 g/mol. The van der Waals surface area contributed by atoms with Crippen LogP contribution in [0.1, 0.15) is 326 Å². The monoisotopic (exact) mass is 1890 g/mol. The molecule has 2 fully saturated rings. The molecule has 0 radical (unpaired) electrons. The van der Waals surface area contributed by atoms with Gasteiger partial charge in [-0.15, -0.1) is 0 Å². The number of nitrogens with zero attached hydrogens (tertiary/aromatic N) is 3. The molecule has 2 aliphatic heterocycles. The highest BCUT2D eigenvalue weighted by Gasteiger charge is 2.44. The van der Waals surface area contributed by atoms with Gasteiger partial charge in [0, 0.05) is 36.1 Å². The Morgan fingerprint density at radius 1 is 0.372 bits per heavy atom. The Bertz CT molecular complexity index is 4150. The lowest BCUT2D eigenvalue weighted by atomic mass is 9.79. The normalized spacial score (nSPS) is 19.3. The third kappa shape index (κ3) is 50.1. The summed E-state index contributed by atoms with van der Waals surface area (Å²) in [5, 5.41) is 18.4. The molecular weight excluding hydrogens is 1720 g/mol. The summed E-state index contributed by atoms with van der Waals surface area (Å²) >= 11 is 0. The van der Waals surface area contributed by atoms with Crippen LogP contribution >= 0.6 is 0 Å². The largest absolute Gasteiger partial charge is 0.481 e. The summed E-state index contributed by atoms with van der Waals surface area (Å²) in [7, 11) is 0. The molecule has 137 heavy (non-hydrogen) atoms. The second-order valence-electron chi connectivity index (χ2n) is 38.4.